The highest BCUT2D eigenvalue weighted by atomic mass is 35.5. The fourth-order valence-electron chi connectivity index (χ4n) is 3.49. The number of carbonyl (C=O) groups excluding carboxylic acids is 2. The topological polar surface area (TPSA) is 58.6 Å². The van der Waals surface area contributed by atoms with E-state index in [1.807, 2.05) is 73.7 Å². The molecule has 0 saturated heterocycles. The first-order chi connectivity index (χ1) is 15.5. The van der Waals surface area contributed by atoms with Gasteiger partial charge in [0.15, 0.2) is 6.61 Å². The van der Waals surface area contributed by atoms with E-state index in [-0.39, 0.29) is 25.0 Å². The van der Waals surface area contributed by atoms with E-state index < -0.39 is 6.04 Å². The molecule has 6 heteroatoms. The van der Waals surface area contributed by atoms with Crippen LogP contribution in [0.15, 0.2) is 78.9 Å². The Bertz CT molecular complexity index is 1060. The van der Waals surface area contributed by atoms with Gasteiger partial charge in [0.1, 0.15) is 11.8 Å². The number of rotatable bonds is 9. The smallest absolute Gasteiger partial charge is 0.261 e. The van der Waals surface area contributed by atoms with Gasteiger partial charge in [0.05, 0.1) is 0 Å². The minimum Gasteiger partial charge on any atom is -0.484 e. The first-order valence-electron chi connectivity index (χ1n) is 10.4. The molecule has 0 heterocycles. The predicted molar refractivity (Wildman–Crippen MR) is 127 cm³/mol. The van der Waals surface area contributed by atoms with Crippen LogP contribution in [0, 0.1) is 6.92 Å². The zero-order chi connectivity index (χ0) is 22.9. The Hall–Kier alpha value is -3.31. The van der Waals surface area contributed by atoms with Crippen LogP contribution in [0.1, 0.15) is 16.7 Å². The van der Waals surface area contributed by atoms with Crippen molar-refractivity contribution in [2.24, 2.45) is 0 Å². The van der Waals surface area contributed by atoms with Crippen molar-refractivity contribution in [1.82, 2.24) is 10.2 Å². The average molecular weight is 451 g/mol. The van der Waals surface area contributed by atoms with Crippen LogP contribution >= 0.6 is 11.6 Å². The highest BCUT2D eigenvalue weighted by Gasteiger charge is 2.30. The summed E-state index contributed by atoms with van der Waals surface area (Å²) in [6.45, 7) is 2.02. The molecule has 166 valence electrons. The van der Waals surface area contributed by atoms with Crippen LogP contribution in [-0.2, 0) is 22.6 Å². The van der Waals surface area contributed by atoms with Crippen molar-refractivity contribution in [3.05, 3.63) is 101 Å². The molecule has 0 aliphatic carbocycles. The van der Waals surface area contributed by atoms with Crippen molar-refractivity contribution in [2.45, 2.75) is 25.9 Å². The van der Waals surface area contributed by atoms with E-state index in [0.29, 0.717) is 17.2 Å². The second-order valence-electron chi connectivity index (χ2n) is 7.58. The molecule has 0 aliphatic heterocycles. The molecule has 1 atom stereocenters. The van der Waals surface area contributed by atoms with Crippen molar-refractivity contribution in [2.75, 3.05) is 13.7 Å². The fraction of sp³-hybridized carbons (Fsp3) is 0.231. The molecule has 0 fully saturated rings. The third kappa shape index (κ3) is 6.59. The van der Waals surface area contributed by atoms with Crippen LogP contribution in [0.25, 0.3) is 0 Å². The van der Waals surface area contributed by atoms with E-state index in [4.69, 9.17) is 16.3 Å². The summed E-state index contributed by atoms with van der Waals surface area (Å²) in [7, 11) is 1.58. The molecule has 0 aliphatic rings. The minimum atomic E-state index is -0.699. The van der Waals surface area contributed by atoms with Crippen molar-refractivity contribution in [1.29, 1.82) is 0 Å². The van der Waals surface area contributed by atoms with Crippen LogP contribution in [-0.4, -0.2) is 36.4 Å². The zero-order valence-electron chi connectivity index (χ0n) is 18.3. The van der Waals surface area contributed by atoms with Crippen LogP contribution in [0.2, 0.25) is 5.02 Å². The van der Waals surface area contributed by atoms with E-state index in [0.717, 1.165) is 16.7 Å². The van der Waals surface area contributed by atoms with E-state index in [1.54, 1.807) is 24.1 Å². The van der Waals surface area contributed by atoms with E-state index >= 15 is 0 Å². The number of carbonyl (C=O) groups is 2. The number of nitrogens with one attached hydrogen (secondary N) is 1. The van der Waals surface area contributed by atoms with Gasteiger partial charge < -0.3 is 15.0 Å². The minimum absolute atomic E-state index is 0.174. The maximum atomic E-state index is 13.3. The number of hydrogen-bond acceptors (Lipinski definition) is 3. The summed E-state index contributed by atoms with van der Waals surface area (Å²) in [4.78, 5) is 27.8. The molecule has 0 saturated carbocycles. The SMILES string of the molecule is CNC(=O)[C@@H](Cc1ccccc1)N(Cc1cccc(Cl)c1)C(=O)COc1cccc(C)c1. The molecule has 3 aromatic rings. The van der Waals surface area contributed by atoms with Gasteiger partial charge in [-0.1, -0.05) is 66.2 Å². The monoisotopic (exact) mass is 450 g/mol. The predicted octanol–water partition coefficient (Wildman–Crippen LogP) is 4.41. The van der Waals surface area contributed by atoms with Gasteiger partial charge in [-0.15, -0.1) is 0 Å². The normalized spacial score (nSPS) is 11.5. The summed E-state index contributed by atoms with van der Waals surface area (Å²) in [5.41, 5.74) is 2.84. The second-order valence-corrected chi connectivity index (χ2v) is 8.01. The second kappa shape index (κ2) is 11.3. The maximum Gasteiger partial charge on any atom is 0.261 e. The Morgan fingerprint density at radius 1 is 0.969 bits per heavy atom. The van der Waals surface area contributed by atoms with Crippen molar-refractivity contribution in [3.8, 4) is 5.75 Å². The summed E-state index contributed by atoms with van der Waals surface area (Å²) in [5.74, 6) is 0.0939. The highest BCUT2D eigenvalue weighted by molar-refractivity contribution is 6.30. The largest absolute Gasteiger partial charge is 0.484 e. The van der Waals surface area contributed by atoms with E-state index in [9.17, 15) is 9.59 Å². The lowest BCUT2D eigenvalue weighted by molar-refractivity contribution is -0.142. The van der Waals surface area contributed by atoms with Crippen LogP contribution < -0.4 is 10.1 Å². The first-order valence-corrected chi connectivity index (χ1v) is 10.8. The molecule has 0 aromatic heterocycles. The Morgan fingerprint density at radius 2 is 1.69 bits per heavy atom. The van der Waals surface area contributed by atoms with Crippen molar-refractivity contribution >= 4 is 23.4 Å². The maximum absolute atomic E-state index is 13.3. The summed E-state index contributed by atoms with van der Waals surface area (Å²) >= 11 is 6.16. The molecule has 3 rings (SSSR count). The third-order valence-corrected chi connectivity index (χ3v) is 5.35. The zero-order valence-corrected chi connectivity index (χ0v) is 19.0. The van der Waals surface area contributed by atoms with Crippen LogP contribution in [0.4, 0.5) is 0 Å². The quantitative estimate of drug-likeness (QED) is 0.525. The molecule has 0 radical (unpaired) electrons. The number of benzene rings is 3. The van der Waals surface area contributed by atoms with Gasteiger partial charge in [-0.3, -0.25) is 9.59 Å². The molecule has 3 aromatic carbocycles. The van der Waals surface area contributed by atoms with Gasteiger partial charge in [-0.25, -0.2) is 0 Å². The Kier molecular flexibility index (Phi) is 8.28. The third-order valence-electron chi connectivity index (χ3n) is 5.11. The van der Waals surface area contributed by atoms with Gasteiger partial charge in [0, 0.05) is 25.0 Å². The molecular formula is C26H27ClN2O3. The first kappa shape index (κ1) is 23.4. The van der Waals surface area contributed by atoms with Crippen LogP contribution in [0.5, 0.6) is 5.75 Å². The van der Waals surface area contributed by atoms with Crippen LogP contribution in [0.3, 0.4) is 0 Å². The number of ether oxygens (including phenoxy) is 1. The summed E-state index contributed by atoms with van der Waals surface area (Å²) in [6, 6.07) is 23.7. The Labute approximate surface area is 194 Å². The number of halogens is 1. The number of likely N-dealkylation sites (N-methyl/N-ethyl adjacent to an activating group) is 1. The molecule has 0 spiro atoms. The molecule has 0 bridgehead atoms. The molecule has 1 N–H and O–H groups in total. The molecule has 32 heavy (non-hydrogen) atoms. The highest BCUT2D eigenvalue weighted by Crippen LogP contribution is 2.18. The summed E-state index contributed by atoms with van der Waals surface area (Å²) < 4.78 is 5.76. The summed E-state index contributed by atoms with van der Waals surface area (Å²) in [6.07, 6.45) is 0.386. The van der Waals surface area contributed by atoms with Gasteiger partial charge in [-0.05, 0) is 47.9 Å². The fourth-order valence-corrected chi connectivity index (χ4v) is 3.70. The lowest BCUT2D eigenvalue weighted by Gasteiger charge is -2.31. The average Bonchev–Trinajstić information content (AvgIpc) is 2.80. The number of aryl methyl sites for hydroxylation is 1. The standard InChI is InChI=1S/C26H27ClN2O3/c1-19-8-6-13-23(14-19)32-18-25(30)29(17-21-11-7-12-22(27)15-21)24(26(31)28-2)16-20-9-4-3-5-10-20/h3-15,24H,16-18H2,1-2H3,(H,28,31)/t24-/m1/s1. The number of amides is 2. The Morgan fingerprint density at radius 3 is 2.38 bits per heavy atom. The molecule has 5 nitrogen and oxygen atoms in total. The molecule has 2 amide bonds. The Balaban J connectivity index is 1.87. The van der Waals surface area contributed by atoms with E-state index in [1.165, 1.54) is 0 Å². The van der Waals surface area contributed by atoms with E-state index in [2.05, 4.69) is 5.32 Å². The van der Waals surface area contributed by atoms with Gasteiger partial charge in [-0.2, -0.15) is 0 Å². The van der Waals surface area contributed by atoms with Gasteiger partial charge in [0.25, 0.3) is 5.91 Å². The number of nitrogens with zero attached hydrogens (tertiary/aromatic N) is 1. The van der Waals surface area contributed by atoms with Crippen molar-refractivity contribution in [3.63, 3.8) is 0 Å². The van der Waals surface area contributed by atoms with Gasteiger partial charge >= 0.3 is 0 Å². The summed E-state index contributed by atoms with van der Waals surface area (Å²) in [5, 5.41) is 3.27. The molecule has 0 unspecified atom stereocenters. The number of hydrogen-bond donors (Lipinski definition) is 1. The van der Waals surface area contributed by atoms with Gasteiger partial charge in [0.2, 0.25) is 5.91 Å². The van der Waals surface area contributed by atoms with Crippen molar-refractivity contribution < 1.29 is 14.3 Å². The lowest BCUT2D eigenvalue weighted by Crippen LogP contribution is -2.51. The lowest BCUT2D eigenvalue weighted by atomic mass is 10.0. The molecular weight excluding hydrogens is 424 g/mol.